The van der Waals surface area contributed by atoms with E-state index in [1.807, 2.05) is 20.8 Å². The number of amides is 2. The molecule has 0 aromatic heterocycles. The van der Waals surface area contributed by atoms with Crippen LogP contribution in [0.4, 0.5) is 0 Å². The lowest BCUT2D eigenvalue weighted by molar-refractivity contribution is -0.163. The van der Waals surface area contributed by atoms with E-state index >= 15 is 0 Å². The second kappa shape index (κ2) is 7.65. The van der Waals surface area contributed by atoms with Crippen molar-refractivity contribution in [1.29, 1.82) is 0 Å². The van der Waals surface area contributed by atoms with Crippen molar-refractivity contribution >= 4 is 11.8 Å². The molecule has 0 bridgehead atoms. The monoisotopic (exact) mass is 324 g/mol. The maximum atomic E-state index is 12.9. The Morgan fingerprint density at radius 2 is 2.13 bits per heavy atom. The zero-order chi connectivity index (χ0) is 17.0. The van der Waals surface area contributed by atoms with E-state index in [2.05, 4.69) is 12.2 Å². The van der Waals surface area contributed by atoms with Crippen LogP contribution in [-0.2, 0) is 14.3 Å². The standard InChI is InChI=1S/C18H32N2O3/c1-5-9-19-17(22)15-12-23-18(8-6-7-14(4)11-18)20(15)16(21)10-13(2)3/h13-15H,5-12H2,1-4H3,(H,19,22)/t14-,15-,18-/m0/s1. The summed E-state index contributed by atoms with van der Waals surface area (Å²) >= 11 is 0. The van der Waals surface area contributed by atoms with E-state index in [9.17, 15) is 9.59 Å². The molecular weight excluding hydrogens is 292 g/mol. The number of carbonyl (C=O) groups is 2. The lowest BCUT2D eigenvalue weighted by Crippen LogP contribution is -2.57. The Bertz CT molecular complexity index is 438. The first kappa shape index (κ1) is 18.2. The Morgan fingerprint density at radius 1 is 1.39 bits per heavy atom. The summed E-state index contributed by atoms with van der Waals surface area (Å²) in [4.78, 5) is 27.2. The zero-order valence-electron chi connectivity index (χ0n) is 15.1. The van der Waals surface area contributed by atoms with E-state index in [1.54, 1.807) is 4.90 Å². The molecule has 1 saturated heterocycles. The van der Waals surface area contributed by atoms with Gasteiger partial charge in [0.2, 0.25) is 11.8 Å². The summed E-state index contributed by atoms with van der Waals surface area (Å²) in [6, 6.07) is -0.474. The summed E-state index contributed by atoms with van der Waals surface area (Å²) in [5.41, 5.74) is -0.558. The lowest BCUT2D eigenvalue weighted by Gasteiger charge is -2.43. The van der Waals surface area contributed by atoms with Crippen LogP contribution in [-0.4, -0.2) is 41.6 Å². The highest BCUT2D eigenvalue weighted by molar-refractivity contribution is 5.88. The van der Waals surface area contributed by atoms with Gasteiger partial charge in [-0.15, -0.1) is 0 Å². The predicted molar refractivity (Wildman–Crippen MR) is 89.7 cm³/mol. The van der Waals surface area contributed by atoms with Gasteiger partial charge in [-0.25, -0.2) is 0 Å². The number of ether oxygens (including phenoxy) is 1. The third kappa shape index (κ3) is 4.06. The summed E-state index contributed by atoms with van der Waals surface area (Å²) in [7, 11) is 0. The van der Waals surface area contributed by atoms with Gasteiger partial charge in [0.25, 0.3) is 0 Å². The first-order valence-corrected chi connectivity index (χ1v) is 9.13. The topological polar surface area (TPSA) is 58.6 Å². The maximum absolute atomic E-state index is 12.9. The van der Waals surface area contributed by atoms with E-state index < -0.39 is 11.8 Å². The fourth-order valence-electron chi connectivity index (χ4n) is 3.90. The Balaban J connectivity index is 2.22. The van der Waals surface area contributed by atoms with Crippen molar-refractivity contribution in [1.82, 2.24) is 10.2 Å². The highest BCUT2D eigenvalue weighted by Crippen LogP contribution is 2.43. The second-order valence-electron chi connectivity index (χ2n) is 7.63. The van der Waals surface area contributed by atoms with Crippen LogP contribution in [0.2, 0.25) is 0 Å². The molecule has 5 heteroatoms. The molecule has 0 aromatic rings. The molecule has 2 rings (SSSR count). The summed E-state index contributed by atoms with van der Waals surface area (Å²) < 4.78 is 6.13. The Kier molecular flexibility index (Phi) is 6.06. The van der Waals surface area contributed by atoms with Crippen LogP contribution >= 0.6 is 0 Å². The van der Waals surface area contributed by atoms with Crippen LogP contribution in [0.15, 0.2) is 0 Å². The molecule has 0 aromatic carbocycles. The number of nitrogens with one attached hydrogen (secondary N) is 1. The largest absolute Gasteiger partial charge is 0.354 e. The molecule has 3 atom stereocenters. The van der Waals surface area contributed by atoms with Gasteiger partial charge in [0.1, 0.15) is 11.8 Å². The van der Waals surface area contributed by atoms with Gasteiger partial charge < -0.3 is 10.1 Å². The zero-order valence-corrected chi connectivity index (χ0v) is 15.1. The quantitative estimate of drug-likeness (QED) is 0.846. The average Bonchev–Trinajstić information content (AvgIpc) is 2.82. The van der Waals surface area contributed by atoms with Crippen molar-refractivity contribution in [3.63, 3.8) is 0 Å². The van der Waals surface area contributed by atoms with E-state index in [-0.39, 0.29) is 17.7 Å². The Morgan fingerprint density at radius 3 is 2.74 bits per heavy atom. The normalized spacial score (nSPS) is 30.9. The third-order valence-electron chi connectivity index (χ3n) is 4.90. The molecule has 2 aliphatic rings. The fourth-order valence-corrected chi connectivity index (χ4v) is 3.90. The molecule has 132 valence electrons. The number of hydrogen-bond donors (Lipinski definition) is 1. The van der Waals surface area contributed by atoms with Crippen molar-refractivity contribution in [2.75, 3.05) is 13.2 Å². The van der Waals surface area contributed by atoms with Gasteiger partial charge >= 0.3 is 0 Å². The van der Waals surface area contributed by atoms with Crippen molar-refractivity contribution in [3.8, 4) is 0 Å². The molecule has 1 spiro atoms. The Hall–Kier alpha value is -1.10. The molecule has 1 N–H and O–H groups in total. The van der Waals surface area contributed by atoms with Crippen molar-refractivity contribution in [2.45, 2.75) is 78.0 Å². The van der Waals surface area contributed by atoms with Crippen molar-refractivity contribution in [3.05, 3.63) is 0 Å². The number of nitrogens with zero attached hydrogens (tertiary/aromatic N) is 1. The number of hydrogen-bond acceptors (Lipinski definition) is 3. The lowest BCUT2D eigenvalue weighted by atomic mass is 9.83. The van der Waals surface area contributed by atoms with Crippen LogP contribution < -0.4 is 5.32 Å². The summed E-state index contributed by atoms with van der Waals surface area (Å²) in [6.45, 7) is 9.28. The fraction of sp³-hybridized carbons (Fsp3) is 0.889. The molecule has 1 heterocycles. The minimum absolute atomic E-state index is 0.0586. The number of rotatable bonds is 5. The molecule has 0 radical (unpaired) electrons. The van der Waals surface area contributed by atoms with Gasteiger partial charge in [-0.3, -0.25) is 14.5 Å². The first-order valence-electron chi connectivity index (χ1n) is 9.13. The van der Waals surface area contributed by atoms with Crippen LogP contribution in [0.5, 0.6) is 0 Å². The van der Waals surface area contributed by atoms with Crippen LogP contribution in [0, 0.1) is 11.8 Å². The highest BCUT2D eigenvalue weighted by Gasteiger charge is 2.53. The van der Waals surface area contributed by atoms with Gasteiger partial charge in [0.05, 0.1) is 6.61 Å². The number of carbonyl (C=O) groups excluding carboxylic acids is 2. The summed E-state index contributed by atoms with van der Waals surface area (Å²) in [6.07, 6.45) is 5.27. The summed E-state index contributed by atoms with van der Waals surface area (Å²) in [5.74, 6) is 0.790. The van der Waals surface area contributed by atoms with E-state index in [1.165, 1.54) is 6.42 Å². The first-order chi connectivity index (χ1) is 10.9. The predicted octanol–water partition coefficient (Wildman–Crippen LogP) is 2.69. The molecular formula is C18H32N2O3. The summed E-state index contributed by atoms with van der Waals surface area (Å²) in [5, 5.41) is 2.93. The average molecular weight is 324 g/mol. The van der Waals surface area contributed by atoms with E-state index in [0.29, 0.717) is 25.5 Å². The Labute approximate surface area is 140 Å². The molecule has 2 amide bonds. The van der Waals surface area contributed by atoms with Gasteiger partial charge in [-0.05, 0) is 37.5 Å². The molecule has 0 unspecified atom stereocenters. The minimum atomic E-state index is -0.558. The highest BCUT2D eigenvalue weighted by atomic mass is 16.5. The minimum Gasteiger partial charge on any atom is -0.354 e. The van der Waals surface area contributed by atoms with Gasteiger partial charge in [-0.1, -0.05) is 34.1 Å². The molecule has 1 aliphatic heterocycles. The van der Waals surface area contributed by atoms with E-state index in [0.717, 1.165) is 25.7 Å². The maximum Gasteiger partial charge on any atom is 0.245 e. The van der Waals surface area contributed by atoms with Gasteiger partial charge in [-0.2, -0.15) is 0 Å². The van der Waals surface area contributed by atoms with Crippen molar-refractivity contribution in [2.24, 2.45) is 11.8 Å². The van der Waals surface area contributed by atoms with Gasteiger partial charge in [0, 0.05) is 13.0 Å². The molecule has 23 heavy (non-hydrogen) atoms. The van der Waals surface area contributed by atoms with Gasteiger partial charge in [0.15, 0.2) is 0 Å². The van der Waals surface area contributed by atoms with E-state index in [4.69, 9.17) is 4.74 Å². The molecule has 1 saturated carbocycles. The molecule has 2 fully saturated rings. The van der Waals surface area contributed by atoms with Crippen LogP contribution in [0.3, 0.4) is 0 Å². The molecule has 1 aliphatic carbocycles. The van der Waals surface area contributed by atoms with Crippen LogP contribution in [0.25, 0.3) is 0 Å². The van der Waals surface area contributed by atoms with Crippen molar-refractivity contribution < 1.29 is 14.3 Å². The molecule has 5 nitrogen and oxygen atoms in total. The SMILES string of the molecule is CCCNC(=O)[C@@H]1CO[C@]2(CCC[C@H](C)C2)N1C(=O)CC(C)C. The van der Waals surface area contributed by atoms with Crippen LogP contribution in [0.1, 0.15) is 66.2 Å². The second-order valence-corrected chi connectivity index (χ2v) is 7.63. The smallest absolute Gasteiger partial charge is 0.245 e. The third-order valence-corrected chi connectivity index (χ3v) is 4.90.